The molecule has 1 aromatic carbocycles. The topological polar surface area (TPSA) is 55.8 Å². The molecule has 5 heteroatoms. The van der Waals surface area contributed by atoms with Crippen molar-refractivity contribution in [3.63, 3.8) is 0 Å². The van der Waals surface area contributed by atoms with Gasteiger partial charge in [-0.25, -0.2) is 4.79 Å². The van der Waals surface area contributed by atoms with Gasteiger partial charge in [0.2, 0.25) is 0 Å². The summed E-state index contributed by atoms with van der Waals surface area (Å²) in [6, 6.07) is 5.23. The van der Waals surface area contributed by atoms with Crippen LogP contribution in [0.1, 0.15) is 19.4 Å². The number of hydrogen-bond donors (Lipinski definition) is 1. The molecule has 0 spiro atoms. The third-order valence-electron chi connectivity index (χ3n) is 2.12. The second-order valence-electron chi connectivity index (χ2n) is 3.42. The normalized spacial score (nSPS) is 12.0. The quantitative estimate of drug-likeness (QED) is 0.848. The minimum absolute atomic E-state index is 0.148. The van der Waals surface area contributed by atoms with Gasteiger partial charge in [-0.2, -0.15) is 0 Å². The molecule has 0 aliphatic carbocycles. The Kier molecular flexibility index (Phi) is 5.44. The van der Waals surface area contributed by atoms with E-state index < -0.39 is 12.1 Å². The number of carbonyl (C=O) groups excluding carboxylic acids is 1. The largest absolute Gasteiger partial charge is 0.479 e. The summed E-state index contributed by atoms with van der Waals surface area (Å²) < 4.78 is 11.1. The van der Waals surface area contributed by atoms with Crippen molar-refractivity contribution < 1.29 is 19.4 Å². The number of ether oxygens (including phenoxy) is 2. The standard InChI is InChI=1S/C12H15BrO4/c1-3-16-12(15)8(2)17-11-5-4-10(13)6-9(11)7-14/h4-6,8,14H,3,7H2,1-2H3. The zero-order valence-corrected chi connectivity index (χ0v) is 11.4. The minimum atomic E-state index is -0.693. The van der Waals surface area contributed by atoms with Crippen LogP contribution in [0.3, 0.4) is 0 Å². The number of halogens is 1. The van der Waals surface area contributed by atoms with Crippen LogP contribution in [0.15, 0.2) is 22.7 Å². The summed E-state index contributed by atoms with van der Waals surface area (Å²) in [5.74, 6) is 0.0653. The monoisotopic (exact) mass is 302 g/mol. The Labute approximate surface area is 109 Å². The molecular weight excluding hydrogens is 288 g/mol. The molecule has 94 valence electrons. The van der Waals surface area contributed by atoms with Crippen LogP contribution in [0.25, 0.3) is 0 Å². The predicted molar refractivity (Wildman–Crippen MR) is 66.8 cm³/mol. The molecule has 0 aliphatic rings. The fourth-order valence-electron chi connectivity index (χ4n) is 1.28. The molecule has 1 rings (SSSR count). The highest BCUT2D eigenvalue weighted by atomic mass is 79.9. The smallest absolute Gasteiger partial charge is 0.347 e. The molecule has 4 nitrogen and oxygen atoms in total. The minimum Gasteiger partial charge on any atom is -0.479 e. The van der Waals surface area contributed by atoms with Gasteiger partial charge in [0.25, 0.3) is 0 Å². The van der Waals surface area contributed by atoms with Crippen LogP contribution in [0.2, 0.25) is 0 Å². The Balaban J connectivity index is 2.77. The SMILES string of the molecule is CCOC(=O)C(C)Oc1ccc(Br)cc1CO. The van der Waals surface area contributed by atoms with Gasteiger partial charge in [-0.05, 0) is 32.0 Å². The fourth-order valence-corrected chi connectivity index (χ4v) is 1.69. The lowest BCUT2D eigenvalue weighted by atomic mass is 10.2. The molecule has 0 amide bonds. The number of benzene rings is 1. The number of aliphatic hydroxyl groups excluding tert-OH is 1. The van der Waals surface area contributed by atoms with Crippen LogP contribution in [-0.2, 0) is 16.1 Å². The van der Waals surface area contributed by atoms with Gasteiger partial charge in [-0.3, -0.25) is 0 Å². The molecule has 1 atom stereocenters. The van der Waals surface area contributed by atoms with Crippen molar-refractivity contribution in [2.24, 2.45) is 0 Å². The number of aliphatic hydroxyl groups is 1. The van der Waals surface area contributed by atoms with Gasteiger partial charge in [0.05, 0.1) is 13.2 Å². The summed E-state index contributed by atoms with van der Waals surface area (Å²) >= 11 is 3.30. The molecule has 0 fully saturated rings. The van der Waals surface area contributed by atoms with Gasteiger partial charge in [0.15, 0.2) is 6.10 Å². The van der Waals surface area contributed by atoms with E-state index in [1.165, 1.54) is 0 Å². The first-order valence-corrected chi connectivity index (χ1v) is 6.10. The molecular formula is C12H15BrO4. The lowest BCUT2D eigenvalue weighted by Crippen LogP contribution is -2.26. The first-order valence-electron chi connectivity index (χ1n) is 5.31. The first-order chi connectivity index (χ1) is 8.08. The molecule has 0 aromatic heterocycles. The van der Waals surface area contributed by atoms with E-state index in [0.29, 0.717) is 17.9 Å². The maximum Gasteiger partial charge on any atom is 0.347 e. The lowest BCUT2D eigenvalue weighted by Gasteiger charge is -2.15. The van der Waals surface area contributed by atoms with E-state index in [1.807, 2.05) is 0 Å². The van der Waals surface area contributed by atoms with Gasteiger partial charge in [-0.15, -0.1) is 0 Å². The lowest BCUT2D eigenvalue weighted by molar-refractivity contribution is -0.150. The van der Waals surface area contributed by atoms with Gasteiger partial charge in [0, 0.05) is 10.0 Å². The highest BCUT2D eigenvalue weighted by Crippen LogP contribution is 2.24. The van der Waals surface area contributed by atoms with Gasteiger partial charge in [0.1, 0.15) is 5.75 Å². The first kappa shape index (κ1) is 14.0. The maximum absolute atomic E-state index is 11.4. The number of carbonyl (C=O) groups is 1. The van der Waals surface area contributed by atoms with E-state index in [-0.39, 0.29) is 6.61 Å². The molecule has 0 aliphatic heterocycles. The third kappa shape index (κ3) is 4.02. The summed E-state index contributed by atoms with van der Waals surface area (Å²) in [6.45, 7) is 3.52. The average Bonchev–Trinajstić information content (AvgIpc) is 2.31. The predicted octanol–water partition coefficient (Wildman–Crippen LogP) is 2.27. The van der Waals surface area contributed by atoms with Crippen molar-refractivity contribution >= 4 is 21.9 Å². The van der Waals surface area contributed by atoms with Crippen LogP contribution >= 0.6 is 15.9 Å². The van der Waals surface area contributed by atoms with Crippen LogP contribution in [0.5, 0.6) is 5.75 Å². The highest BCUT2D eigenvalue weighted by molar-refractivity contribution is 9.10. The summed E-state index contributed by atoms with van der Waals surface area (Å²) in [6.07, 6.45) is -0.693. The molecule has 17 heavy (non-hydrogen) atoms. The Morgan fingerprint density at radius 3 is 2.82 bits per heavy atom. The molecule has 1 unspecified atom stereocenters. The molecule has 1 aromatic rings. The van der Waals surface area contributed by atoms with Crippen molar-refractivity contribution in [2.45, 2.75) is 26.6 Å². The van der Waals surface area contributed by atoms with E-state index in [4.69, 9.17) is 9.47 Å². The van der Waals surface area contributed by atoms with Crippen molar-refractivity contribution in [3.05, 3.63) is 28.2 Å². The fraction of sp³-hybridized carbons (Fsp3) is 0.417. The van der Waals surface area contributed by atoms with Crippen molar-refractivity contribution in [1.82, 2.24) is 0 Å². The van der Waals surface area contributed by atoms with E-state index in [2.05, 4.69) is 15.9 Å². The van der Waals surface area contributed by atoms with Gasteiger partial charge in [-0.1, -0.05) is 15.9 Å². The van der Waals surface area contributed by atoms with Crippen LogP contribution < -0.4 is 4.74 Å². The van der Waals surface area contributed by atoms with Crippen molar-refractivity contribution in [2.75, 3.05) is 6.61 Å². The number of hydrogen-bond acceptors (Lipinski definition) is 4. The van der Waals surface area contributed by atoms with E-state index >= 15 is 0 Å². The van der Waals surface area contributed by atoms with Gasteiger partial charge >= 0.3 is 5.97 Å². The van der Waals surface area contributed by atoms with Crippen molar-refractivity contribution in [1.29, 1.82) is 0 Å². The molecule has 0 saturated carbocycles. The summed E-state index contributed by atoms with van der Waals surface area (Å²) in [7, 11) is 0. The Morgan fingerprint density at radius 1 is 1.53 bits per heavy atom. The van der Waals surface area contributed by atoms with Crippen LogP contribution in [0.4, 0.5) is 0 Å². The highest BCUT2D eigenvalue weighted by Gasteiger charge is 2.17. The second-order valence-corrected chi connectivity index (χ2v) is 4.34. The zero-order valence-electron chi connectivity index (χ0n) is 9.77. The third-order valence-corrected chi connectivity index (χ3v) is 2.61. The molecule has 0 bridgehead atoms. The summed E-state index contributed by atoms with van der Waals surface area (Å²) in [5.41, 5.74) is 0.621. The van der Waals surface area contributed by atoms with E-state index in [0.717, 1.165) is 4.47 Å². The van der Waals surface area contributed by atoms with Crippen molar-refractivity contribution in [3.8, 4) is 5.75 Å². The van der Waals surface area contributed by atoms with Gasteiger partial charge < -0.3 is 14.6 Å². The van der Waals surface area contributed by atoms with E-state index in [1.54, 1.807) is 32.0 Å². The Bertz CT molecular complexity index is 392. The maximum atomic E-state index is 11.4. The summed E-state index contributed by atoms with van der Waals surface area (Å²) in [4.78, 5) is 11.4. The number of rotatable bonds is 5. The Morgan fingerprint density at radius 2 is 2.24 bits per heavy atom. The summed E-state index contributed by atoms with van der Waals surface area (Å²) in [5, 5.41) is 9.18. The number of esters is 1. The second kappa shape index (κ2) is 6.61. The average molecular weight is 303 g/mol. The molecule has 0 heterocycles. The van der Waals surface area contributed by atoms with Crippen LogP contribution in [-0.4, -0.2) is 23.8 Å². The molecule has 0 radical (unpaired) electrons. The molecule has 1 N–H and O–H groups in total. The molecule has 0 saturated heterocycles. The zero-order chi connectivity index (χ0) is 12.8. The Hall–Kier alpha value is -1.07. The van der Waals surface area contributed by atoms with Crippen LogP contribution in [0, 0.1) is 0 Å². The van der Waals surface area contributed by atoms with E-state index in [9.17, 15) is 9.90 Å².